The SMILES string of the molecule is CCCCC(=O)C[C@H](C(=O)OC)c1ccccc1[N+](=O)[O-]. The van der Waals surface area contributed by atoms with Crippen LogP contribution in [-0.2, 0) is 14.3 Å². The number of nitro groups is 1. The molecule has 0 aromatic heterocycles. The molecule has 1 aromatic carbocycles. The lowest BCUT2D eigenvalue weighted by Gasteiger charge is -2.14. The van der Waals surface area contributed by atoms with Gasteiger partial charge in [0.05, 0.1) is 18.0 Å². The summed E-state index contributed by atoms with van der Waals surface area (Å²) in [6.45, 7) is 1.97. The van der Waals surface area contributed by atoms with Gasteiger partial charge in [-0.05, 0) is 6.42 Å². The predicted molar refractivity (Wildman–Crippen MR) is 77.0 cm³/mol. The van der Waals surface area contributed by atoms with Gasteiger partial charge in [-0.15, -0.1) is 0 Å². The monoisotopic (exact) mass is 293 g/mol. The number of methoxy groups -OCH3 is 1. The summed E-state index contributed by atoms with van der Waals surface area (Å²) in [5.74, 6) is -1.65. The maximum absolute atomic E-state index is 11.9. The first-order chi connectivity index (χ1) is 10.0. The molecule has 114 valence electrons. The first-order valence-electron chi connectivity index (χ1n) is 6.84. The molecule has 0 saturated heterocycles. The Morgan fingerprint density at radius 1 is 1.33 bits per heavy atom. The van der Waals surface area contributed by atoms with E-state index in [0.29, 0.717) is 6.42 Å². The number of Topliss-reactive ketones (excluding diaryl/α,β-unsaturated/α-hetero) is 1. The van der Waals surface area contributed by atoms with Crippen molar-refractivity contribution < 1.29 is 19.2 Å². The Morgan fingerprint density at radius 2 is 2.00 bits per heavy atom. The van der Waals surface area contributed by atoms with Gasteiger partial charge in [-0.3, -0.25) is 19.7 Å². The van der Waals surface area contributed by atoms with Crippen molar-refractivity contribution in [3.05, 3.63) is 39.9 Å². The third-order valence-corrected chi connectivity index (χ3v) is 3.24. The summed E-state index contributed by atoms with van der Waals surface area (Å²) < 4.78 is 4.69. The van der Waals surface area contributed by atoms with E-state index in [9.17, 15) is 19.7 Å². The highest BCUT2D eigenvalue weighted by Crippen LogP contribution is 2.30. The lowest BCUT2D eigenvalue weighted by Crippen LogP contribution is -2.19. The van der Waals surface area contributed by atoms with Gasteiger partial charge in [0.2, 0.25) is 0 Å². The molecule has 0 bridgehead atoms. The van der Waals surface area contributed by atoms with Crippen LogP contribution in [0.2, 0.25) is 0 Å². The number of carbonyl (C=O) groups is 2. The molecule has 0 spiro atoms. The van der Waals surface area contributed by atoms with E-state index in [1.165, 1.54) is 25.3 Å². The maximum atomic E-state index is 11.9. The summed E-state index contributed by atoms with van der Waals surface area (Å²) in [5, 5.41) is 11.1. The number of carbonyl (C=O) groups excluding carboxylic acids is 2. The zero-order chi connectivity index (χ0) is 15.8. The topological polar surface area (TPSA) is 86.5 Å². The van der Waals surface area contributed by atoms with Crippen LogP contribution in [0.1, 0.15) is 44.1 Å². The van der Waals surface area contributed by atoms with Crippen LogP contribution < -0.4 is 0 Å². The van der Waals surface area contributed by atoms with Crippen molar-refractivity contribution in [1.82, 2.24) is 0 Å². The van der Waals surface area contributed by atoms with Gasteiger partial charge in [0, 0.05) is 24.5 Å². The highest BCUT2D eigenvalue weighted by atomic mass is 16.6. The second-order valence-electron chi connectivity index (χ2n) is 4.74. The van der Waals surface area contributed by atoms with Crippen LogP contribution in [0.4, 0.5) is 5.69 Å². The normalized spacial score (nSPS) is 11.7. The summed E-state index contributed by atoms with van der Waals surface area (Å²) in [6.07, 6.45) is 1.91. The van der Waals surface area contributed by atoms with Gasteiger partial charge < -0.3 is 4.74 Å². The lowest BCUT2D eigenvalue weighted by molar-refractivity contribution is -0.385. The molecular weight excluding hydrogens is 274 g/mol. The summed E-state index contributed by atoms with van der Waals surface area (Å²) in [7, 11) is 1.21. The number of para-hydroxylation sites is 1. The van der Waals surface area contributed by atoms with Crippen molar-refractivity contribution in [2.45, 2.75) is 38.5 Å². The van der Waals surface area contributed by atoms with Gasteiger partial charge in [-0.1, -0.05) is 31.5 Å². The van der Waals surface area contributed by atoms with Crippen LogP contribution in [0.3, 0.4) is 0 Å². The van der Waals surface area contributed by atoms with E-state index >= 15 is 0 Å². The van der Waals surface area contributed by atoms with Gasteiger partial charge >= 0.3 is 5.97 Å². The molecule has 0 heterocycles. The van der Waals surface area contributed by atoms with Crippen molar-refractivity contribution in [2.75, 3.05) is 7.11 Å². The fourth-order valence-corrected chi connectivity index (χ4v) is 2.11. The van der Waals surface area contributed by atoms with Gasteiger partial charge in [0.25, 0.3) is 5.69 Å². The van der Waals surface area contributed by atoms with E-state index in [2.05, 4.69) is 0 Å². The number of hydrogen-bond acceptors (Lipinski definition) is 5. The van der Waals surface area contributed by atoms with E-state index in [4.69, 9.17) is 4.74 Å². The molecule has 0 saturated carbocycles. The molecule has 0 aliphatic carbocycles. The average molecular weight is 293 g/mol. The fraction of sp³-hybridized carbons (Fsp3) is 0.467. The molecule has 1 aromatic rings. The quantitative estimate of drug-likeness (QED) is 0.418. The van der Waals surface area contributed by atoms with E-state index in [1.807, 2.05) is 6.92 Å². The number of nitrogens with zero attached hydrogens (tertiary/aromatic N) is 1. The number of ether oxygens (including phenoxy) is 1. The Balaban J connectivity index is 3.06. The van der Waals surface area contributed by atoms with Crippen molar-refractivity contribution in [3.63, 3.8) is 0 Å². The van der Waals surface area contributed by atoms with Gasteiger partial charge in [0.1, 0.15) is 5.78 Å². The lowest BCUT2D eigenvalue weighted by atomic mass is 9.91. The van der Waals surface area contributed by atoms with Gasteiger partial charge in [-0.2, -0.15) is 0 Å². The third kappa shape index (κ3) is 4.66. The van der Waals surface area contributed by atoms with Gasteiger partial charge in [0.15, 0.2) is 0 Å². The minimum absolute atomic E-state index is 0.0719. The van der Waals surface area contributed by atoms with E-state index < -0.39 is 16.8 Å². The minimum atomic E-state index is -0.930. The Hall–Kier alpha value is -2.24. The average Bonchev–Trinajstić information content (AvgIpc) is 2.49. The van der Waals surface area contributed by atoms with Crippen LogP contribution in [0.15, 0.2) is 24.3 Å². The first-order valence-corrected chi connectivity index (χ1v) is 6.84. The molecule has 1 rings (SSSR count). The number of benzene rings is 1. The minimum Gasteiger partial charge on any atom is -0.469 e. The number of hydrogen-bond donors (Lipinski definition) is 0. The van der Waals surface area contributed by atoms with Crippen molar-refractivity contribution in [2.24, 2.45) is 0 Å². The van der Waals surface area contributed by atoms with E-state index in [0.717, 1.165) is 12.8 Å². The molecule has 21 heavy (non-hydrogen) atoms. The second kappa shape index (κ2) is 8.14. The molecule has 0 fully saturated rings. The highest BCUT2D eigenvalue weighted by molar-refractivity contribution is 5.88. The zero-order valence-electron chi connectivity index (χ0n) is 12.2. The smallest absolute Gasteiger partial charge is 0.313 e. The van der Waals surface area contributed by atoms with Crippen LogP contribution in [-0.4, -0.2) is 23.8 Å². The number of unbranched alkanes of at least 4 members (excludes halogenated alkanes) is 1. The molecule has 0 radical (unpaired) electrons. The van der Waals surface area contributed by atoms with Crippen molar-refractivity contribution in [3.8, 4) is 0 Å². The number of nitro benzene ring substituents is 1. The highest BCUT2D eigenvalue weighted by Gasteiger charge is 2.30. The first kappa shape index (κ1) is 16.8. The van der Waals surface area contributed by atoms with Crippen LogP contribution in [0.5, 0.6) is 0 Å². The Bertz CT molecular complexity index is 527. The fourth-order valence-electron chi connectivity index (χ4n) is 2.11. The number of rotatable bonds is 8. The molecule has 0 aliphatic heterocycles. The van der Waals surface area contributed by atoms with Crippen molar-refractivity contribution >= 4 is 17.4 Å². The van der Waals surface area contributed by atoms with Gasteiger partial charge in [-0.25, -0.2) is 0 Å². The number of esters is 1. The number of ketones is 1. The molecule has 0 N–H and O–H groups in total. The molecule has 6 heteroatoms. The summed E-state index contributed by atoms with van der Waals surface area (Å²) in [4.78, 5) is 34.3. The molecule has 6 nitrogen and oxygen atoms in total. The van der Waals surface area contributed by atoms with Crippen molar-refractivity contribution in [1.29, 1.82) is 0 Å². The Kier molecular flexibility index (Phi) is 6.52. The van der Waals surface area contributed by atoms with E-state index in [1.54, 1.807) is 6.07 Å². The summed E-state index contributed by atoms with van der Waals surface area (Å²) >= 11 is 0. The molecular formula is C15H19NO5. The Labute approximate surface area is 123 Å². The van der Waals surface area contributed by atoms with Crippen LogP contribution in [0, 0.1) is 10.1 Å². The maximum Gasteiger partial charge on any atom is 0.313 e. The molecule has 0 unspecified atom stereocenters. The molecule has 0 amide bonds. The second-order valence-corrected chi connectivity index (χ2v) is 4.74. The Morgan fingerprint density at radius 3 is 2.57 bits per heavy atom. The van der Waals surface area contributed by atoms with Crippen LogP contribution in [0.25, 0.3) is 0 Å². The summed E-state index contributed by atoms with van der Waals surface area (Å²) in [5.41, 5.74) is 0.0513. The van der Waals surface area contributed by atoms with Crippen LogP contribution >= 0.6 is 0 Å². The third-order valence-electron chi connectivity index (χ3n) is 3.24. The molecule has 1 atom stereocenters. The zero-order valence-corrected chi connectivity index (χ0v) is 12.2. The predicted octanol–water partition coefficient (Wildman–Crippen LogP) is 3.00. The standard InChI is InChI=1S/C15H19NO5/c1-3-4-7-11(17)10-13(15(18)21-2)12-8-5-6-9-14(12)16(19)20/h5-6,8-9,13H,3-4,7,10H2,1-2H3/t13-/m0/s1. The van der Waals surface area contributed by atoms with E-state index in [-0.39, 0.29) is 23.5 Å². The molecule has 0 aliphatic rings. The largest absolute Gasteiger partial charge is 0.469 e. The summed E-state index contributed by atoms with van der Waals surface area (Å²) in [6, 6.07) is 5.94.